The number of nitrogens with one attached hydrogen (secondary N) is 2. The number of ether oxygens (including phenoxy) is 1. The first kappa shape index (κ1) is 13.4. The molecule has 1 atom stereocenters. The fourth-order valence-corrected chi connectivity index (χ4v) is 1.19. The summed E-state index contributed by atoms with van der Waals surface area (Å²) in [5, 5.41) is 6.28. The van der Waals surface area contributed by atoms with Gasteiger partial charge in [0, 0.05) is 18.8 Å². The zero-order valence-corrected chi connectivity index (χ0v) is 10.5. The van der Waals surface area contributed by atoms with Crippen molar-refractivity contribution in [2.75, 3.05) is 25.5 Å². The van der Waals surface area contributed by atoms with E-state index in [0.717, 1.165) is 12.4 Å². The number of hydrogen-bond donors (Lipinski definition) is 2. The van der Waals surface area contributed by atoms with Crippen molar-refractivity contribution >= 4 is 11.8 Å². The van der Waals surface area contributed by atoms with Crippen LogP contribution in [0.3, 0.4) is 0 Å². The predicted molar refractivity (Wildman–Crippen MR) is 67.2 cm³/mol. The minimum atomic E-state index is -0.338. The molecule has 0 fully saturated rings. The highest BCUT2D eigenvalue weighted by molar-refractivity contribution is 5.89. The summed E-state index contributed by atoms with van der Waals surface area (Å²) < 4.78 is 4.87. The summed E-state index contributed by atoms with van der Waals surface area (Å²) in [4.78, 5) is 15.5. The van der Waals surface area contributed by atoms with Crippen LogP contribution in [0.4, 0.5) is 5.82 Å². The van der Waals surface area contributed by atoms with E-state index in [9.17, 15) is 4.79 Å². The van der Waals surface area contributed by atoms with Gasteiger partial charge in [0.15, 0.2) is 0 Å². The average Bonchev–Trinajstić information content (AvgIpc) is 2.36. The molecule has 0 saturated carbocycles. The van der Waals surface area contributed by atoms with Crippen molar-refractivity contribution in [3.8, 4) is 0 Å². The molecule has 5 heteroatoms. The third kappa shape index (κ3) is 4.40. The van der Waals surface area contributed by atoms with Crippen LogP contribution in [0.15, 0.2) is 18.3 Å². The van der Waals surface area contributed by atoms with Gasteiger partial charge in [-0.25, -0.2) is 9.78 Å². The van der Waals surface area contributed by atoms with Gasteiger partial charge in [-0.2, -0.15) is 0 Å². The number of carbonyl (C=O) groups is 1. The molecule has 17 heavy (non-hydrogen) atoms. The van der Waals surface area contributed by atoms with Gasteiger partial charge < -0.3 is 15.4 Å². The molecule has 1 aromatic rings. The minimum absolute atomic E-state index is 0.338. The zero-order chi connectivity index (χ0) is 12.7. The van der Waals surface area contributed by atoms with Gasteiger partial charge in [0.05, 0.1) is 12.2 Å². The minimum Gasteiger partial charge on any atom is -0.462 e. The summed E-state index contributed by atoms with van der Waals surface area (Å²) in [6.07, 6.45) is 1.52. The van der Waals surface area contributed by atoms with Crippen molar-refractivity contribution in [3.05, 3.63) is 23.9 Å². The molecule has 0 amide bonds. The summed E-state index contributed by atoms with van der Waals surface area (Å²) in [5.41, 5.74) is 0.471. The van der Waals surface area contributed by atoms with Crippen molar-refractivity contribution in [1.82, 2.24) is 10.3 Å². The third-order valence-electron chi connectivity index (χ3n) is 2.36. The number of likely N-dealkylation sites (N-methyl/N-ethyl adjacent to an activating group) is 1. The Morgan fingerprint density at radius 1 is 1.53 bits per heavy atom. The van der Waals surface area contributed by atoms with Gasteiger partial charge in [0.1, 0.15) is 5.82 Å². The highest BCUT2D eigenvalue weighted by Crippen LogP contribution is 2.06. The molecule has 0 saturated heterocycles. The smallest absolute Gasteiger partial charge is 0.339 e. The van der Waals surface area contributed by atoms with E-state index in [4.69, 9.17) is 4.74 Å². The molecule has 0 radical (unpaired) electrons. The first-order valence-corrected chi connectivity index (χ1v) is 5.71. The second-order valence-corrected chi connectivity index (χ2v) is 3.72. The Balaban J connectivity index is 2.53. The molecule has 1 aromatic heterocycles. The molecule has 94 valence electrons. The third-order valence-corrected chi connectivity index (χ3v) is 2.36. The normalized spacial score (nSPS) is 11.9. The van der Waals surface area contributed by atoms with E-state index in [1.54, 1.807) is 19.1 Å². The Kier molecular flexibility index (Phi) is 5.42. The molecule has 0 aliphatic carbocycles. The highest BCUT2D eigenvalue weighted by Gasteiger charge is 2.06. The number of pyridine rings is 1. The monoisotopic (exact) mass is 237 g/mol. The first-order chi connectivity index (χ1) is 8.17. The standard InChI is InChI=1S/C12H19N3O2/c1-4-17-12(16)10-5-6-11(15-8-10)14-7-9(2)13-3/h5-6,8-9,13H,4,7H2,1-3H3,(H,14,15). The lowest BCUT2D eigenvalue weighted by molar-refractivity contribution is 0.0526. The van der Waals surface area contributed by atoms with Crippen LogP contribution in [0.1, 0.15) is 24.2 Å². The fraction of sp³-hybridized carbons (Fsp3) is 0.500. The number of aromatic nitrogens is 1. The summed E-state index contributed by atoms with van der Waals surface area (Å²) >= 11 is 0. The van der Waals surface area contributed by atoms with Gasteiger partial charge in [-0.15, -0.1) is 0 Å². The molecule has 1 heterocycles. The SMILES string of the molecule is CCOC(=O)c1ccc(NCC(C)NC)nc1. The number of hydrogen-bond acceptors (Lipinski definition) is 5. The molecule has 1 unspecified atom stereocenters. The van der Waals surface area contributed by atoms with Gasteiger partial charge in [0.25, 0.3) is 0 Å². The number of rotatable bonds is 6. The summed E-state index contributed by atoms with van der Waals surface area (Å²) in [7, 11) is 1.91. The van der Waals surface area contributed by atoms with Crippen LogP contribution >= 0.6 is 0 Å². The second kappa shape index (κ2) is 6.85. The molecule has 0 bridgehead atoms. The van der Waals surface area contributed by atoms with Crippen molar-refractivity contribution in [1.29, 1.82) is 0 Å². The van der Waals surface area contributed by atoms with Crippen LogP contribution < -0.4 is 10.6 Å². The fourth-order valence-electron chi connectivity index (χ4n) is 1.19. The Morgan fingerprint density at radius 2 is 2.29 bits per heavy atom. The topological polar surface area (TPSA) is 63.2 Å². The van der Waals surface area contributed by atoms with Gasteiger partial charge in [-0.05, 0) is 33.0 Å². The lowest BCUT2D eigenvalue weighted by Gasteiger charge is -2.11. The predicted octanol–water partition coefficient (Wildman–Crippen LogP) is 1.28. The largest absolute Gasteiger partial charge is 0.462 e. The zero-order valence-electron chi connectivity index (χ0n) is 10.5. The molecular formula is C12H19N3O2. The molecule has 0 aliphatic rings. The Morgan fingerprint density at radius 3 is 2.82 bits per heavy atom. The van der Waals surface area contributed by atoms with Crippen molar-refractivity contribution in [2.45, 2.75) is 19.9 Å². The maximum Gasteiger partial charge on any atom is 0.339 e. The van der Waals surface area contributed by atoms with E-state index in [2.05, 4.69) is 22.5 Å². The Hall–Kier alpha value is -1.62. The molecular weight excluding hydrogens is 218 g/mol. The average molecular weight is 237 g/mol. The molecule has 1 rings (SSSR count). The van der Waals surface area contributed by atoms with Crippen molar-refractivity contribution in [3.63, 3.8) is 0 Å². The number of nitrogens with zero attached hydrogens (tertiary/aromatic N) is 1. The van der Waals surface area contributed by atoms with E-state index in [1.165, 1.54) is 6.20 Å². The second-order valence-electron chi connectivity index (χ2n) is 3.72. The highest BCUT2D eigenvalue weighted by atomic mass is 16.5. The molecule has 5 nitrogen and oxygen atoms in total. The first-order valence-electron chi connectivity index (χ1n) is 5.71. The summed E-state index contributed by atoms with van der Waals surface area (Å²) in [6.45, 7) is 5.00. The molecule has 2 N–H and O–H groups in total. The van der Waals surface area contributed by atoms with Crippen LogP contribution in [0.2, 0.25) is 0 Å². The molecule has 0 spiro atoms. The van der Waals surface area contributed by atoms with Crippen molar-refractivity contribution in [2.24, 2.45) is 0 Å². The lowest BCUT2D eigenvalue weighted by atomic mass is 10.3. The Bertz CT molecular complexity index is 351. The number of anilines is 1. The number of esters is 1. The van der Waals surface area contributed by atoms with E-state index in [0.29, 0.717) is 18.2 Å². The van der Waals surface area contributed by atoms with Gasteiger partial charge >= 0.3 is 5.97 Å². The van der Waals surface area contributed by atoms with E-state index in [-0.39, 0.29) is 5.97 Å². The molecule has 0 aliphatic heterocycles. The quantitative estimate of drug-likeness (QED) is 0.730. The number of carbonyl (C=O) groups excluding carboxylic acids is 1. The van der Waals surface area contributed by atoms with Crippen LogP contribution in [-0.2, 0) is 4.74 Å². The van der Waals surface area contributed by atoms with Crippen LogP contribution in [0.25, 0.3) is 0 Å². The van der Waals surface area contributed by atoms with E-state index in [1.807, 2.05) is 7.05 Å². The van der Waals surface area contributed by atoms with E-state index >= 15 is 0 Å². The van der Waals surface area contributed by atoms with Crippen LogP contribution in [-0.4, -0.2) is 37.2 Å². The summed E-state index contributed by atoms with van der Waals surface area (Å²) in [6, 6.07) is 3.84. The van der Waals surface area contributed by atoms with E-state index < -0.39 is 0 Å². The van der Waals surface area contributed by atoms with Gasteiger partial charge in [-0.3, -0.25) is 0 Å². The maximum absolute atomic E-state index is 11.4. The van der Waals surface area contributed by atoms with Crippen LogP contribution in [0, 0.1) is 0 Å². The van der Waals surface area contributed by atoms with Gasteiger partial charge in [-0.1, -0.05) is 0 Å². The maximum atomic E-state index is 11.4. The van der Waals surface area contributed by atoms with Gasteiger partial charge in [0.2, 0.25) is 0 Å². The molecule has 0 aromatic carbocycles. The summed E-state index contributed by atoms with van der Waals surface area (Å²) in [5.74, 6) is 0.412. The lowest BCUT2D eigenvalue weighted by Crippen LogP contribution is -2.29. The van der Waals surface area contributed by atoms with Crippen LogP contribution in [0.5, 0.6) is 0 Å². The van der Waals surface area contributed by atoms with Crippen molar-refractivity contribution < 1.29 is 9.53 Å². The Labute approximate surface area is 102 Å².